The lowest BCUT2D eigenvalue weighted by molar-refractivity contribution is 0.524. The number of halogens is 1. The van der Waals surface area contributed by atoms with E-state index in [0.29, 0.717) is 0 Å². The van der Waals surface area contributed by atoms with Crippen LogP contribution in [0.3, 0.4) is 0 Å². The third kappa shape index (κ3) is 2.18. The summed E-state index contributed by atoms with van der Waals surface area (Å²) in [6.07, 6.45) is 0. The van der Waals surface area contributed by atoms with Crippen LogP contribution in [0.2, 0.25) is 4.34 Å². The Labute approximate surface area is 120 Å². The zero-order valence-electron chi connectivity index (χ0n) is 10.7. The van der Waals surface area contributed by atoms with Gasteiger partial charge in [-0.3, -0.25) is 0 Å². The van der Waals surface area contributed by atoms with Crippen molar-refractivity contribution < 1.29 is 4.42 Å². The van der Waals surface area contributed by atoms with Crippen molar-refractivity contribution in [3.63, 3.8) is 0 Å². The highest BCUT2D eigenvalue weighted by atomic mass is 35.5. The van der Waals surface area contributed by atoms with Crippen molar-refractivity contribution in [1.82, 2.24) is 0 Å². The second kappa shape index (κ2) is 4.67. The fourth-order valence-corrected chi connectivity index (χ4v) is 3.34. The first-order valence-corrected chi connectivity index (χ1v) is 7.26. The second-order valence-corrected chi connectivity index (χ2v) is 6.46. The van der Waals surface area contributed by atoms with Crippen LogP contribution in [0.4, 0.5) is 0 Å². The van der Waals surface area contributed by atoms with Gasteiger partial charge >= 0.3 is 0 Å². The van der Waals surface area contributed by atoms with Gasteiger partial charge in [-0.2, -0.15) is 0 Å². The third-order valence-electron chi connectivity index (χ3n) is 3.31. The molecule has 3 aromatic rings. The molecule has 2 heterocycles. The molecule has 0 fully saturated rings. The van der Waals surface area contributed by atoms with Gasteiger partial charge in [-0.1, -0.05) is 23.2 Å². The molecule has 0 aliphatic heterocycles. The monoisotopic (exact) mass is 291 g/mol. The molecule has 0 spiro atoms. The smallest absolute Gasteiger partial charge is 0.134 e. The number of furan rings is 1. The first-order valence-electron chi connectivity index (χ1n) is 6.06. The molecule has 0 amide bonds. The Balaban J connectivity index is 2.12. The molecule has 1 atom stereocenters. The molecule has 19 heavy (non-hydrogen) atoms. The van der Waals surface area contributed by atoms with Gasteiger partial charge in [-0.25, -0.2) is 0 Å². The maximum atomic E-state index is 6.29. The minimum absolute atomic E-state index is 0.259. The fourth-order valence-electron chi connectivity index (χ4n) is 2.27. The summed E-state index contributed by atoms with van der Waals surface area (Å²) in [5.74, 6) is 0.819. The molecule has 0 aliphatic carbocycles. The first kappa shape index (κ1) is 12.7. The van der Waals surface area contributed by atoms with Gasteiger partial charge in [0, 0.05) is 15.8 Å². The molecule has 2 nitrogen and oxygen atoms in total. The predicted molar refractivity (Wildman–Crippen MR) is 81.0 cm³/mol. The lowest BCUT2D eigenvalue weighted by atomic mass is 10.1. The minimum Gasteiger partial charge on any atom is -0.459 e. The van der Waals surface area contributed by atoms with Crippen LogP contribution in [0, 0.1) is 13.8 Å². The van der Waals surface area contributed by atoms with E-state index < -0.39 is 0 Å². The van der Waals surface area contributed by atoms with Crippen LogP contribution in [0.25, 0.3) is 11.0 Å². The van der Waals surface area contributed by atoms with Crippen LogP contribution >= 0.6 is 22.9 Å². The Kier molecular flexibility index (Phi) is 3.13. The van der Waals surface area contributed by atoms with Crippen LogP contribution in [0.15, 0.2) is 34.7 Å². The topological polar surface area (TPSA) is 39.2 Å². The normalized spacial score (nSPS) is 13.1. The van der Waals surface area contributed by atoms with Crippen molar-refractivity contribution in [3.8, 4) is 0 Å². The van der Waals surface area contributed by atoms with Gasteiger partial charge in [0.1, 0.15) is 11.3 Å². The predicted octanol–water partition coefficient (Wildman–Crippen LogP) is 4.81. The van der Waals surface area contributed by atoms with Crippen molar-refractivity contribution in [2.24, 2.45) is 5.73 Å². The van der Waals surface area contributed by atoms with E-state index in [1.165, 1.54) is 16.9 Å². The van der Waals surface area contributed by atoms with Crippen LogP contribution in [0.5, 0.6) is 0 Å². The highest BCUT2D eigenvalue weighted by molar-refractivity contribution is 7.16. The van der Waals surface area contributed by atoms with Gasteiger partial charge < -0.3 is 10.2 Å². The molecule has 0 bridgehead atoms. The molecule has 0 saturated carbocycles. The van der Waals surface area contributed by atoms with E-state index in [9.17, 15) is 0 Å². The summed E-state index contributed by atoms with van der Waals surface area (Å²) in [5, 5.41) is 1.13. The van der Waals surface area contributed by atoms with Crippen molar-refractivity contribution in [3.05, 3.63) is 56.4 Å². The van der Waals surface area contributed by atoms with Crippen molar-refractivity contribution >= 4 is 33.9 Å². The van der Waals surface area contributed by atoms with Gasteiger partial charge in [0.05, 0.1) is 10.4 Å². The fraction of sp³-hybridized carbons (Fsp3) is 0.200. The van der Waals surface area contributed by atoms with Gasteiger partial charge in [0.2, 0.25) is 0 Å². The third-order valence-corrected chi connectivity index (χ3v) is 4.63. The summed E-state index contributed by atoms with van der Waals surface area (Å²) in [6, 6.07) is 9.73. The molecule has 98 valence electrons. The lowest BCUT2D eigenvalue weighted by Crippen LogP contribution is -2.10. The number of rotatable bonds is 2. The Hall–Kier alpha value is -1.29. The van der Waals surface area contributed by atoms with Crippen molar-refractivity contribution in [2.75, 3.05) is 0 Å². The van der Waals surface area contributed by atoms with Crippen LogP contribution in [-0.2, 0) is 0 Å². The summed E-state index contributed by atoms with van der Waals surface area (Å²) in [5.41, 5.74) is 9.50. The van der Waals surface area contributed by atoms with Crippen LogP contribution in [-0.4, -0.2) is 0 Å². The number of hydrogen-bond acceptors (Lipinski definition) is 3. The van der Waals surface area contributed by atoms with Gasteiger partial charge in [-0.15, -0.1) is 11.3 Å². The van der Waals surface area contributed by atoms with E-state index in [1.54, 1.807) is 0 Å². The van der Waals surface area contributed by atoms with E-state index in [-0.39, 0.29) is 6.04 Å². The first-order chi connectivity index (χ1) is 9.06. The van der Waals surface area contributed by atoms with Gasteiger partial charge in [0.25, 0.3) is 0 Å². The number of fused-ring (bicyclic) bond motifs is 1. The number of hydrogen-bond donors (Lipinski definition) is 1. The summed E-state index contributed by atoms with van der Waals surface area (Å²) < 4.78 is 6.66. The Morgan fingerprint density at radius 3 is 2.68 bits per heavy atom. The summed E-state index contributed by atoms with van der Waals surface area (Å²) in [4.78, 5) is 1.02. The lowest BCUT2D eigenvalue weighted by Gasteiger charge is -2.07. The molecule has 4 heteroatoms. The quantitative estimate of drug-likeness (QED) is 0.736. The zero-order valence-corrected chi connectivity index (χ0v) is 12.3. The highest BCUT2D eigenvalue weighted by Gasteiger charge is 2.20. The van der Waals surface area contributed by atoms with Gasteiger partial charge in [-0.05, 0) is 38.1 Å². The van der Waals surface area contributed by atoms with Crippen molar-refractivity contribution in [1.29, 1.82) is 0 Å². The average Bonchev–Trinajstić information content (AvgIpc) is 2.94. The van der Waals surface area contributed by atoms with E-state index in [4.69, 9.17) is 21.8 Å². The largest absolute Gasteiger partial charge is 0.459 e. The Morgan fingerprint density at radius 2 is 2.00 bits per heavy atom. The molecule has 2 N–H and O–H groups in total. The zero-order chi connectivity index (χ0) is 13.6. The summed E-state index contributed by atoms with van der Waals surface area (Å²) in [7, 11) is 0. The molecular weight excluding hydrogens is 278 g/mol. The summed E-state index contributed by atoms with van der Waals surface area (Å²) >= 11 is 7.46. The van der Waals surface area contributed by atoms with E-state index in [1.807, 2.05) is 24.3 Å². The minimum atomic E-state index is -0.259. The molecule has 0 saturated heterocycles. The molecule has 3 rings (SSSR count). The number of thiophene rings is 1. The summed E-state index contributed by atoms with van der Waals surface area (Å²) in [6.45, 7) is 4.13. The van der Waals surface area contributed by atoms with Crippen molar-refractivity contribution in [2.45, 2.75) is 19.9 Å². The highest BCUT2D eigenvalue weighted by Crippen LogP contribution is 2.35. The van der Waals surface area contributed by atoms with E-state index >= 15 is 0 Å². The molecule has 1 unspecified atom stereocenters. The van der Waals surface area contributed by atoms with E-state index in [0.717, 1.165) is 31.5 Å². The van der Waals surface area contributed by atoms with Crippen LogP contribution in [0.1, 0.15) is 27.8 Å². The number of aryl methyl sites for hydroxylation is 2. The number of nitrogens with two attached hydrogens (primary N) is 1. The number of benzene rings is 1. The second-order valence-electron chi connectivity index (χ2n) is 4.71. The molecule has 0 aliphatic rings. The Bertz CT molecular complexity index is 744. The Morgan fingerprint density at radius 1 is 1.21 bits per heavy atom. The maximum absolute atomic E-state index is 6.29. The average molecular weight is 292 g/mol. The van der Waals surface area contributed by atoms with Crippen LogP contribution < -0.4 is 5.73 Å². The molecule has 0 radical (unpaired) electrons. The SMILES string of the molecule is Cc1ccc2oc(C(N)c3ccc(Cl)s3)c(C)c2c1. The molecule has 1 aromatic carbocycles. The molecular formula is C15H14ClNOS. The standard InChI is InChI=1S/C15H14ClNOS/c1-8-3-4-11-10(7-8)9(2)15(18-11)14(17)12-5-6-13(16)19-12/h3-7,14H,17H2,1-2H3. The van der Waals surface area contributed by atoms with Gasteiger partial charge in [0.15, 0.2) is 0 Å². The maximum Gasteiger partial charge on any atom is 0.134 e. The van der Waals surface area contributed by atoms with E-state index in [2.05, 4.69) is 19.9 Å². The molecule has 2 aromatic heterocycles.